The predicted octanol–water partition coefficient (Wildman–Crippen LogP) is 1.51. The van der Waals surface area contributed by atoms with Gasteiger partial charge in [0, 0.05) is 38.9 Å². The first-order valence-corrected chi connectivity index (χ1v) is 5.78. The third kappa shape index (κ3) is 4.40. The summed E-state index contributed by atoms with van der Waals surface area (Å²) in [5, 5.41) is 3.34. The van der Waals surface area contributed by atoms with Crippen molar-refractivity contribution in [2.24, 2.45) is 0 Å². The molecule has 1 N–H and O–H groups in total. The summed E-state index contributed by atoms with van der Waals surface area (Å²) in [5.74, 6) is 0. The van der Waals surface area contributed by atoms with E-state index >= 15 is 0 Å². The van der Waals surface area contributed by atoms with Crippen LogP contribution in [0.4, 0.5) is 0 Å². The number of hydrogen-bond donors (Lipinski definition) is 1. The molecule has 0 atom stereocenters. The first-order chi connectivity index (χ1) is 7.45. The largest absolute Gasteiger partial charge is 0.314 e. The summed E-state index contributed by atoms with van der Waals surface area (Å²) in [6, 6.07) is 6.09. The Bertz CT molecular complexity index is 242. The van der Waals surface area contributed by atoms with E-state index in [0.29, 0.717) is 0 Å². The van der Waals surface area contributed by atoms with E-state index in [0.717, 1.165) is 32.7 Å². The van der Waals surface area contributed by atoms with Gasteiger partial charge >= 0.3 is 0 Å². The smallest absolute Gasteiger partial charge is 0.0543 e. The molecular weight excluding hydrogens is 186 g/mol. The molecule has 15 heavy (non-hydrogen) atoms. The van der Waals surface area contributed by atoms with Gasteiger partial charge in [-0.3, -0.25) is 9.88 Å². The standard InChI is InChI=1S/C10H15N3.C2H6/c1-2-4-12-10(3-1)9-13-7-5-11-6-8-13;1-2/h1-4,11H,5-9H2;1-2H3. The summed E-state index contributed by atoms with van der Waals surface area (Å²) >= 11 is 0. The summed E-state index contributed by atoms with van der Waals surface area (Å²) in [4.78, 5) is 6.74. The van der Waals surface area contributed by atoms with E-state index in [4.69, 9.17) is 0 Å². The van der Waals surface area contributed by atoms with Crippen LogP contribution in [0.15, 0.2) is 24.4 Å². The third-order valence-electron chi connectivity index (χ3n) is 2.32. The first-order valence-electron chi connectivity index (χ1n) is 5.78. The van der Waals surface area contributed by atoms with Crippen LogP contribution in [0.25, 0.3) is 0 Å². The van der Waals surface area contributed by atoms with E-state index in [1.165, 1.54) is 5.69 Å². The Kier molecular flexibility index (Phi) is 5.97. The SMILES string of the molecule is CC.c1ccc(CN2CCNCC2)nc1. The van der Waals surface area contributed by atoms with E-state index in [-0.39, 0.29) is 0 Å². The maximum absolute atomic E-state index is 4.31. The molecule has 0 amide bonds. The Morgan fingerprint density at radius 1 is 1.27 bits per heavy atom. The Hall–Kier alpha value is -0.930. The highest BCUT2D eigenvalue weighted by Crippen LogP contribution is 2.01. The summed E-state index contributed by atoms with van der Waals surface area (Å²) in [6.45, 7) is 9.47. The molecular formula is C12H21N3. The van der Waals surface area contributed by atoms with Crippen LogP contribution in [0, 0.1) is 0 Å². The van der Waals surface area contributed by atoms with Crippen LogP contribution < -0.4 is 5.32 Å². The van der Waals surface area contributed by atoms with Crippen molar-refractivity contribution in [3.63, 3.8) is 0 Å². The predicted molar refractivity (Wildman–Crippen MR) is 63.7 cm³/mol. The van der Waals surface area contributed by atoms with Crippen molar-refractivity contribution in [1.82, 2.24) is 15.2 Å². The highest BCUT2D eigenvalue weighted by molar-refractivity contribution is 5.03. The molecule has 2 rings (SSSR count). The van der Waals surface area contributed by atoms with E-state index in [1.54, 1.807) is 0 Å². The average molecular weight is 207 g/mol. The zero-order chi connectivity index (χ0) is 10.9. The molecule has 1 aliphatic rings. The molecule has 1 saturated heterocycles. The van der Waals surface area contributed by atoms with Crippen LogP contribution in [0.1, 0.15) is 19.5 Å². The lowest BCUT2D eigenvalue weighted by atomic mass is 10.3. The Morgan fingerprint density at radius 3 is 2.60 bits per heavy atom. The van der Waals surface area contributed by atoms with Crippen LogP contribution >= 0.6 is 0 Å². The molecule has 0 radical (unpaired) electrons. The minimum absolute atomic E-state index is 0.989. The van der Waals surface area contributed by atoms with Gasteiger partial charge in [0.25, 0.3) is 0 Å². The lowest BCUT2D eigenvalue weighted by Gasteiger charge is -2.26. The number of aromatic nitrogens is 1. The second kappa shape index (κ2) is 7.37. The van der Waals surface area contributed by atoms with Crippen molar-refractivity contribution in [2.45, 2.75) is 20.4 Å². The zero-order valence-corrected chi connectivity index (χ0v) is 9.74. The molecule has 0 aromatic carbocycles. The lowest BCUT2D eigenvalue weighted by molar-refractivity contribution is 0.231. The second-order valence-electron chi connectivity index (χ2n) is 3.35. The number of pyridine rings is 1. The van der Waals surface area contributed by atoms with E-state index in [1.807, 2.05) is 32.2 Å². The Morgan fingerprint density at radius 2 is 2.00 bits per heavy atom. The monoisotopic (exact) mass is 207 g/mol. The number of rotatable bonds is 2. The Balaban J connectivity index is 0.000000531. The van der Waals surface area contributed by atoms with E-state index < -0.39 is 0 Å². The molecule has 0 bridgehead atoms. The molecule has 1 fully saturated rings. The maximum atomic E-state index is 4.31. The van der Waals surface area contributed by atoms with Gasteiger partial charge in [0.05, 0.1) is 5.69 Å². The fourth-order valence-electron chi connectivity index (χ4n) is 1.59. The van der Waals surface area contributed by atoms with Crippen LogP contribution in [-0.4, -0.2) is 36.1 Å². The third-order valence-corrected chi connectivity index (χ3v) is 2.32. The number of nitrogens with zero attached hydrogens (tertiary/aromatic N) is 2. The van der Waals surface area contributed by atoms with Crippen molar-refractivity contribution < 1.29 is 0 Å². The van der Waals surface area contributed by atoms with Gasteiger partial charge in [0.1, 0.15) is 0 Å². The van der Waals surface area contributed by atoms with Gasteiger partial charge in [-0.25, -0.2) is 0 Å². The van der Waals surface area contributed by atoms with Crippen LogP contribution in [0.3, 0.4) is 0 Å². The lowest BCUT2D eigenvalue weighted by Crippen LogP contribution is -2.43. The number of nitrogens with one attached hydrogen (secondary N) is 1. The van der Waals surface area contributed by atoms with Crippen LogP contribution in [-0.2, 0) is 6.54 Å². The molecule has 84 valence electrons. The highest BCUT2D eigenvalue weighted by atomic mass is 15.2. The van der Waals surface area contributed by atoms with Gasteiger partial charge in [-0.05, 0) is 12.1 Å². The highest BCUT2D eigenvalue weighted by Gasteiger charge is 2.09. The van der Waals surface area contributed by atoms with Crippen molar-refractivity contribution in [3.8, 4) is 0 Å². The fraction of sp³-hybridized carbons (Fsp3) is 0.583. The summed E-state index contributed by atoms with van der Waals surface area (Å²) in [7, 11) is 0. The minimum atomic E-state index is 0.989. The number of hydrogen-bond acceptors (Lipinski definition) is 3. The molecule has 2 heterocycles. The van der Waals surface area contributed by atoms with E-state index in [9.17, 15) is 0 Å². The van der Waals surface area contributed by atoms with Crippen molar-refractivity contribution in [2.75, 3.05) is 26.2 Å². The molecule has 1 aliphatic heterocycles. The van der Waals surface area contributed by atoms with Crippen LogP contribution in [0.2, 0.25) is 0 Å². The van der Waals surface area contributed by atoms with Crippen LogP contribution in [0.5, 0.6) is 0 Å². The first kappa shape index (κ1) is 12.1. The van der Waals surface area contributed by atoms with Gasteiger partial charge in [-0.1, -0.05) is 19.9 Å². The van der Waals surface area contributed by atoms with Crippen molar-refractivity contribution in [3.05, 3.63) is 30.1 Å². The normalized spacial score (nSPS) is 16.7. The summed E-state index contributed by atoms with van der Waals surface area (Å²) in [5.41, 5.74) is 1.17. The zero-order valence-electron chi connectivity index (χ0n) is 9.74. The van der Waals surface area contributed by atoms with Gasteiger partial charge in [-0.15, -0.1) is 0 Å². The molecule has 1 aromatic rings. The quantitative estimate of drug-likeness (QED) is 0.797. The molecule has 1 aromatic heterocycles. The topological polar surface area (TPSA) is 28.2 Å². The molecule has 3 heteroatoms. The van der Waals surface area contributed by atoms with Gasteiger partial charge in [0.2, 0.25) is 0 Å². The average Bonchev–Trinajstić information content (AvgIpc) is 2.34. The van der Waals surface area contributed by atoms with Crippen molar-refractivity contribution >= 4 is 0 Å². The fourth-order valence-corrected chi connectivity index (χ4v) is 1.59. The Labute approximate surface area is 92.5 Å². The minimum Gasteiger partial charge on any atom is -0.314 e. The molecule has 3 nitrogen and oxygen atoms in total. The molecule has 0 unspecified atom stereocenters. The molecule has 0 saturated carbocycles. The summed E-state index contributed by atoms with van der Waals surface area (Å²) in [6.07, 6.45) is 1.86. The molecule has 0 aliphatic carbocycles. The molecule has 0 spiro atoms. The maximum Gasteiger partial charge on any atom is 0.0543 e. The number of piperazine rings is 1. The summed E-state index contributed by atoms with van der Waals surface area (Å²) < 4.78 is 0. The van der Waals surface area contributed by atoms with Crippen molar-refractivity contribution in [1.29, 1.82) is 0 Å². The van der Waals surface area contributed by atoms with E-state index in [2.05, 4.69) is 21.3 Å². The van der Waals surface area contributed by atoms with Gasteiger partial charge in [0.15, 0.2) is 0 Å². The van der Waals surface area contributed by atoms with Gasteiger partial charge in [-0.2, -0.15) is 0 Å². The second-order valence-corrected chi connectivity index (χ2v) is 3.35. The van der Waals surface area contributed by atoms with Gasteiger partial charge < -0.3 is 5.32 Å².